The van der Waals surface area contributed by atoms with Gasteiger partial charge in [-0.1, -0.05) is 43.3 Å². The number of esters is 2. The molecule has 0 radical (unpaired) electrons. The van der Waals surface area contributed by atoms with E-state index in [-0.39, 0.29) is 44.8 Å². The van der Waals surface area contributed by atoms with Gasteiger partial charge in [-0.05, 0) is 84.3 Å². The van der Waals surface area contributed by atoms with Crippen LogP contribution in [0.15, 0.2) is 60.7 Å². The molecular weight excluding hydrogens is 516 g/mol. The maximum atomic E-state index is 12.4. The van der Waals surface area contributed by atoms with Crippen LogP contribution in [0.3, 0.4) is 0 Å². The first-order valence-electron chi connectivity index (χ1n) is 12.1. The predicted octanol–water partition coefficient (Wildman–Crippen LogP) is 6.05. The fraction of sp³-hybridized carbons (Fsp3) is 0.290. The van der Waals surface area contributed by atoms with Gasteiger partial charge in [0.15, 0.2) is 0 Å². The van der Waals surface area contributed by atoms with Crippen molar-refractivity contribution in [3.05, 3.63) is 112 Å². The monoisotopic (exact) mass is 551 g/mol. The van der Waals surface area contributed by atoms with E-state index in [0.29, 0.717) is 21.7 Å². The minimum atomic E-state index is -0.379. The fourth-order valence-corrected chi connectivity index (χ4v) is 4.98. The van der Waals surface area contributed by atoms with Crippen LogP contribution in [-0.4, -0.2) is 32.1 Å². The van der Waals surface area contributed by atoms with Gasteiger partial charge in [0.05, 0.1) is 42.0 Å². The third-order valence-corrected chi connectivity index (χ3v) is 7.09. The van der Waals surface area contributed by atoms with E-state index < -0.39 is 0 Å². The van der Waals surface area contributed by atoms with Crippen molar-refractivity contribution in [2.75, 3.05) is 14.2 Å². The zero-order chi connectivity index (χ0) is 26.5. The van der Waals surface area contributed by atoms with Crippen molar-refractivity contribution in [2.45, 2.75) is 45.2 Å². The molecule has 2 atom stereocenters. The molecule has 0 saturated carbocycles. The summed E-state index contributed by atoms with van der Waals surface area (Å²) in [6, 6.07) is 18.0. The van der Waals surface area contributed by atoms with Gasteiger partial charge in [0, 0.05) is 6.04 Å². The molecule has 3 aromatic carbocycles. The van der Waals surface area contributed by atoms with Gasteiger partial charge < -0.3 is 28.0 Å². The van der Waals surface area contributed by atoms with Crippen LogP contribution in [0.1, 0.15) is 85.7 Å². The average molecular weight is 552 g/mol. The van der Waals surface area contributed by atoms with Crippen molar-refractivity contribution in [3.63, 3.8) is 0 Å². The Morgan fingerprint density at radius 3 is 1.97 bits per heavy atom. The summed E-state index contributed by atoms with van der Waals surface area (Å²) in [5, 5.41) is 3.42. The number of halogens is 1. The molecule has 7 nitrogen and oxygen atoms in total. The van der Waals surface area contributed by atoms with Crippen LogP contribution in [-0.2, 0) is 22.3 Å². The SMILES string of the molecule is C.COC(=O)c1ccc2c(c1)[C@H](N)CC2.COC(=O)c1ccc2c(c1)[C@H](NC(=O)c1ccccc1Cl)CC2.[CH3-]. The molecule has 39 heavy (non-hydrogen) atoms. The summed E-state index contributed by atoms with van der Waals surface area (Å²) in [6.07, 6.45) is 3.65. The number of hydrogen-bond acceptors (Lipinski definition) is 6. The maximum Gasteiger partial charge on any atom is 0.337 e. The van der Waals surface area contributed by atoms with Crippen LogP contribution in [0.4, 0.5) is 0 Å². The molecule has 5 rings (SSSR count). The predicted molar refractivity (Wildman–Crippen MR) is 154 cm³/mol. The second-order valence-electron chi connectivity index (χ2n) is 9.00. The first-order chi connectivity index (χ1) is 17.8. The molecule has 208 valence electrons. The lowest BCUT2D eigenvalue weighted by Gasteiger charge is -2.15. The van der Waals surface area contributed by atoms with Crippen LogP contribution >= 0.6 is 11.6 Å². The van der Waals surface area contributed by atoms with Gasteiger partial charge in [-0.15, -0.1) is 0 Å². The van der Waals surface area contributed by atoms with Crippen LogP contribution in [0.2, 0.25) is 5.02 Å². The van der Waals surface area contributed by atoms with Crippen molar-refractivity contribution in [3.8, 4) is 0 Å². The third-order valence-electron chi connectivity index (χ3n) is 6.76. The summed E-state index contributed by atoms with van der Waals surface area (Å²) in [4.78, 5) is 35.4. The molecule has 3 N–H and O–H groups in total. The fourth-order valence-electron chi connectivity index (χ4n) is 4.76. The summed E-state index contributed by atoms with van der Waals surface area (Å²) in [5.41, 5.74) is 11.9. The number of aryl methyl sites for hydroxylation is 2. The smallest absolute Gasteiger partial charge is 0.337 e. The van der Waals surface area contributed by atoms with Crippen LogP contribution in [0.5, 0.6) is 0 Å². The lowest BCUT2D eigenvalue weighted by Crippen LogP contribution is -2.27. The molecule has 8 heteroatoms. The largest absolute Gasteiger partial charge is 0.465 e. The van der Waals surface area contributed by atoms with Gasteiger partial charge in [-0.2, -0.15) is 0 Å². The van der Waals surface area contributed by atoms with Crippen molar-refractivity contribution in [1.82, 2.24) is 5.32 Å². The number of methoxy groups -OCH3 is 2. The van der Waals surface area contributed by atoms with E-state index in [1.54, 1.807) is 42.5 Å². The quantitative estimate of drug-likeness (QED) is 0.302. The summed E-state index contributed by atoms with van der Waals surface area (Å²) >= 11 is 6.07. The topological polar surface area (TPSA) is 108 Å². The Hall–Kier alpha value is -3.68. The van der Waals surface area contributed by atoms with Gasteiger partial charge in [0.25, 0.3) is 5.91 Å². The third kappa shape index (κ3) is 7.05. The Labute approximate surface area is 235 Å². The van der Waals surface area contributed by atoms with Crippen molar-refractivity contribution in [1.29, 1.82) is 0 Å². The summed E-state index contributed by atoms with van der Waals surface area (Å²) in [5.74, 6) is -0.889. The normalized spacial score (nSPS) is 16.2. The van der Waals surface area contributed by atoms with Crippen LogP contribution in [0, 0.1) is 7.43 Å². The van der Waals surface area contributed by atoms with Gasteiger partial charge in [0.2, 0.25) is 0 Å². The molecule has 0 aliphatic heterocycles. The van der Waals surface area contributed by atoms with Gasteiger partial charge in [-0.25, -0.2) is 9.59 Å². The van der Waals surface area contributed by atoms with E-state index >= 15 is 0 Å². The lowest BCUT2D eigenvalue weighted by atomic mass is 10.0. The molecule has 2 aliphatic carbocycles. The van der Waals surface area contributed by atoms with Crippen molar-refractivity contribution in [2.24, 2.45) is 5.73 Å². The number of amides is 1. The number of ether oxygens (including phenoxy) is 2. The number of carbonyl (C=O) groups excluding carboxylic acids is 3. The Morgan fingerprint density at radius 2 is 1.38 bits per heavy atom. The van der Waals surface area contributed by atoms with E-state index in [9.17, 15) is 14.4 Å². The molecule has 3 aromatic rings. The molecular formula is C31H36ClN2O5-. The molecule has 0 heterocycles. The van der Waals surface area contributed by atoms with E-state index in [0.717, 1.165) is 42.4 Å². The Kier molecular flexibility index (Phi) is 11.3. The molecule has 0 unspecified atom stereocenters. The van der Waals surface area contributed by atoms with Crippen LogP contribution in [0.25, 0.3) is 0 Å². The molecule has 1 amide bonds. The number of nitrogens with one attached hydrogen (secondary N) is 1. The molecule has 0 bridgehead atoms. The highest BCUT2D eigenvalue weighted by Gasteiger charge is 2.26. The Morgan fingerprint density at radius 1 is 0.846 bits per heavy atom. The Bertz CT molecular complexity index is 1340. The second kappa shape index (κ2) is 13.9. The van der Waals surface area contributed by atoms with Crippen LogP contribution < -0.4 is 11.1 Å². The highest BCUT2D eigenvalue weighted by molar-refractivity contribution is 6.33. The van der Waals surface area contributed by atoms with Crippen molar-refractivity contribution >= 4 is 29.4 Å². The summed E-state index contributed by atoms with van der Waals surface area (Å²) < 4.78 is 9.41. The zero-order valence-corrected chi connectivity index (χ0v) is 22.5. The minimum Gasteiger partial charge on any atom is -0.465 e. The van der Waals surface area contributed by atoms with Gasteiger partial charge >= 0.3 is 11.9 Å². The van der Waals surface area contributed by atoms with E-state index in [2.05, 4.69) is 10.1 Å². The Balaban J connectivity index is 0.000000288. The average Bonchev–Trinajstić information content (AvgIpc) is 3.50. The number of hydrogen-bond donors (Lipinski definition) is 2. The zero-order valence-electron chi connectivity index (χ0n) is 21.8. The highest BCUT2D eigenvalue weighted by Crippen LogP contribution is 2.33. The van der Waals surface area contributed by atoms with Gasteiger partial charge in [0.1, 0.15) is 0 Å². The number of benzene rings is 3. The van der Waals surface area contributed by atoms with Crippen molar-refractivity contribution < 1.29 is 23.9 Å². The van der Waals surface area contributed by atoms with Gasteiger partial charge in [-0.3, -0.25) is 4.79 Å². The molecule has 0 saturated heterocycles. The first kappa shape index (κ1) is 31.5. The van der Waals surface area contributed by atoms with E-state index in [1.807, 2.05) is 18.2 Å². The number of nitrogens with two attached hydrogens (primary N) is 1. The summed E-state index contributed by atoms with van der Waals surface area (Å²) in [6.45, 7) is 0. The first-order valence-corrected chi connectivity index (χ1v) is 12.4. The number of carbonyl (C=O) groups is 3. The lowest BCUT2D eigenvalue weighted by molar-refractivity contribution is 0.0591. The van der Waals surface area contributed by atoms with E-state index in [1.165, 1.54) is 19.8 Å². The second-order valence-corrected chi connectivity index (χ2v) is 9.41. The number of rotatable bonds is 4. The highest BCUT2D eigenvalue weighted by atomic mass is 35.5. The number of fused-ring (bicyclic) bond motifs is 2. The molecule has 2 aliphatic rings. The standard InChI is InChI=1S/C18H16ClNO3.C11H13NO2.CH4.CH3/c1-23-18(22)12-7-6-11-8-9-16(14(11)10-12)20-17(21)13-4-2-3-5-15(13)19;1-14-11(13)8-3-2-7-4-5-10(12)9(7)6-8;;/h2-7,10,16H,8-9H2,1H3,(H,20,21);2-3,6,10H,4-5,12H2,1H3;1H4;1H3/q;;;-1/t16-;10-;;/m11../s1. The molecule has 0 aromatic heterocycles. The summed E-state index contributed by atoms with van der Waals surface area (Å²) in [7, 11) is 2.74. The van der Waals surface area contributed by atoms with E-state index in [4.69, 9.17) is 22.1 Å². The maximum absolute atomic E-state index is 12.4. The minimum absolute atomic E-state index is 0. The molecule has 0 spiro atoms. The molecule has 0 fully saturated rings.